The van der Waals surface area contributed by atoms with E-state index < -0.39 is 0 Å². The van der Waals surface area contributed by atoms with Gasteiger partial charge in [-0.1, -0.05) is 36.4 Å². The molecule has 3 heteroatoms. The molecule has 0 amide bonds. The minimum absolute atomic E-state index is 0.0351. The maximum absolute atomic E-state index is 13.2. The number of hydrogen-bond acceptors (Lipinski definition) is 2. The molecule has 2 nitrogen and oxygen atoms in total. The van der Waals surface area contributed by atoms with Crippen LogP contribution in [-0.4, -0.2) is 12.6 Å². The van der Waals surface area contributed by atoms with Gasteiger partial charge in [-0.3, -0.25) is 0 Å². The first kappa shape index (κ1) is 13.1. The lowest BCUT2D eigenvalue weighted by atomic mass is 9.94. The first-order valence-corrected chi connectivity index (χ1v) is 7.03. The van der Waals surface area contributed by atoms with Crippen LogP contribution in [0.1, 0.15) is 24.4 Å². The third-order valence-corrected chi connectivity index (χ3v) is 3.64. The van der Waals surface area contributed by atoms with Crippen molar-refractivity contribution >= 4 is 0 Å². The maximum atomic E-state index is 13.2. The highest BCUT2D eigenvalue weighted by atomic mass is 19.1. The molecule has 0 bridgehead atoms. The predicted octanol–water partition coefficient (Wildman–Crippen LogP) is 3.70. The average Bonchev–Trinajstić information content (AvgIpc) is 2.49. The van der Waals surface area contributed by atoms with Crippen LogP contribution in [0.25, 0.3) is 0 Å². The zero-order valence-electron chi connectivity index (χ0n) is 11.3. The Morgan fingerprint density at radius 3 is 2.70 bits per heavy atom. The normalized spacial score (nSPS) is 22.4. The zero-order chi connectivity index (χ0) is 13.8. The van der Waals surface area contributed by atoms with Crippen molar-refractivity contribution in [3.63, 3.8) is 0 Å². The molecule has 0 spiro atoms. The van der Waals surface area contributed by atoms with Crippen molar-refractivity contribution in [1.29, 1.82) is 0 Å². The summed E-state index contributed by atoms with van der Waals surface area (Å²) in [5.74, 6) is 0.335. The fourth-order valence-electron chi connectivity index (χ4n) is 2.69. The van der Waals surface area contributed by atoms with E-state index in [1.807, 2.05) is 18.2 Å². The van der Waals surface area contributed by atoms with E-state index in [4.69, 9.17) is 4.74 Å². The van der Waals surface area contributed by atoms with Crippen LogP contribution >= 0.6 is 0 Å². The molecular formula is C17H18FNO. The lowest BCUT2D eigenvalue weighted by Gasteiger charge is -2.33. The summed E-state index contributed by atoms with van der Waals surface area (Å²) >= 11 is 0. The van der Waals surface area contributed by atoms with Gasteiger partial charge in [0.2, 0.25) is 0 Å². The van der Waals surface area contributed by atoms with Crippen molar-refractivity contribution in [2.24, 2.45) is 0 Å². The molecule has 1 N–H and O–H groups in total. The number of piperidine rings is 1. The SMILES string of the molecule is Fc1cccc(OC2CCCNC2c2ccccc2)c1. The predicted molar refractivity (Wildman–Crippen MR) is 77.2 cm³/mol. The third kappa shape index (κ3) is 2.99. The van der Waals surface area contributed by atoms with E-state index in [9.17, 15) is 4.39 Å². The topological polar surface area (TPSA) is 21.3 Å². The number of halogens is 1. The molecule has 0 saturated carbocycles. The summed E-state index contributed by atoms with van der Waals surface area (Å²) in [7, 11) is 0. The summed E-state index contributed by atoms with van der Waals surface area (Å²) < 4.78 is 19.2. The quantitative estimate of drug-likeness (QED) is 0.919. The number of hydrogen-bond donors (Lipinski definition) is 1. The Balaban J connectivity index is 1.79. The van der Waals surface area contributed by atoms with Gasteiger partial charge in [0, 0.05) is 6.07 Å². The van der Waals surface area contributed by atoms with Crippen molar-refractivity contribution in [3.8, 4) is 5.75 Å². The van der Waals surface area contributed by atoms with Crippen LogP contribution in [0.3, 0.4) is 0 Å². The zero-order valence-corrected chi connectivity index (χ0v) is 11.3. The second-order valence-corrected chi connectivity index (χ2v) is 5.10. The van der Waals surface area contributed by atoms with Crippen LogP contribution in [-0.2, 0) is 0 Å². The standard InChI is InChI=1S/C17H18FNO/c18-14-8-4-9-15(12-14)20-16-10-5-11-19-17(16)13-6-2-1-3-7-13/h1-4,6-9,12,16-17,19H,5,10-11H2. The minimum Gasteiger partial charge on any atom is -0.488 e. The Labute approximate surface area is 118 Å². The Kier molecular flexibility index (Phi) is 3.97. The number of benzene rings is 2. The molecule has 1 heterocycles. The number of ether oxygens (including phenoxy) is 1. The second-order valence-electron chi connectivity index (χ2n) is 5.10. The summed E-state index contributed by atoms with van der Waals surface area (Å²) in [6.07, 6.45) is 2.08. The van der Waals surface area contributed by atoms with Crippen molar-refractivity contribution in [3.05, 3.63) is 66.0 Å². The van der Waals surface area contributed by atoms with Gasteiger partial charge in [-0.05, 0) is 37.1 Å². The molecule has 0 radical (unpaired) electrons. The maximum Gasteiger partial charge on any atom is 0.126 e. The molecule has 2 unspecified atom stereocenters. The van der Waals surface area contributed by atoms with Crippen LogP contribution in [0.15, 0.2) is 54.6 Å². The lowest BCUT2D eigenvalue weighted by molar-refractivity contribution is 0.120. The van der Waals surface area contributed by atoms with Gasteiger partial charge in [-0.25, -0.2) is 4.39 Å². The van der Waals surface area contributed by atoms with Gasteiger partial charge in [0.25, 0.3) is 0 Å². The molecule has 1 aliphatic rings. The number of nitrogens with one attached hydrogen (secondary N) is 1. The second kappa shape index (κ2) is 6.06. The first-order valence-electron chi connectivity index (χ1n) is 7.03. The summed E-state index contributed by atoms with van der Waals surface area (Å²) in [5, 5.41) is 3.50. The van der Waals surface area contributed by atoms with Crippen LogP contribution in [0.4, 0.5) is 4.39 Å². The van der Waals surface area contributed by atoms with Crippen molar-refractivity contribution in [2.75, 3.05) is 6.54 Å². The summed E-state index contributed by atoms with van der Waals surface area (Å²) in [6.45, 7) is 0.989. The fraction of sp³-hybridized carbons (Fsp3) is 0.294. The van der Waals surface area contributed by atoms with Crippen molar-refractivity contribution < 1.29 is 9.13 Å². The highest BCUT2D eigenvalue weighted by Gasteiger charge is 2.27. The molecule has 3 rings (SSSR count). The van der Waals surface area contributed by atoms with Crippen molar-refractivity contribution in [1.82, 2.24) is 5.32 Å². The smallest absolute Gasteiger partial charge is 0.126 e. The highest BCUT2D eigenvalue weighted by Crippen LogP contribution is 2.28. The largest absolute Gasteiger partial charge is 0.488 e. The van der Waals surface area contributed by atoms with Gasteiger partial charge >= 0.3 is 0 Å². The lowest BCUT2D eigenvalue weighted by Crippen LogP contribution is -2.40. The molecule has 104 valence electrons. The van der Waals surface area contributed by atoms with E-state index in [-0.39, 0.29) is 18.0 Å². The molecular weight excluding hydrogens is 253 g/mol. The minimum atomic E-state index is -0.262. The van der Waals surface area contributed by atoms with Gasteiger partial charge in [-0.2, -0.15) is 0 Å². The molecule has 2 aromatic rings. The summed E-state index contributed by atoms with van der Waals surface area (Å²) in [4.78, 5) is 0. The Bertz CT molecular complexity index is 558. The monoisotopic (exact) mass is 271 g/mol. The van der Waals surface area contributed by atoms with Gasteiger partial charge in [-0.15, -0.1) is 0 Å². The molecule has 20 heavy (non-hydrogen) atoms. The van der Waals surface area contributed by atoms with Gasteiger partial charge in [0.05, 0.1) is 6.04 Å². The molecule has 0 aliphatic carbocycles. The molecule has 0 aromatic heterocycles. The van der Waals surface area contributed by atoms with Crippen LogP contribution in [0.5, 0.6) is 5.75 Å². The highest BCUT2D eigenvalue weighted by molar-refractivity contribution is 5.25. The summed E-state index contributed by atoms with van der Waals surface area (Å²) in [6, 6.07) is 16.8. The van der Waals surface area contributed by atoms with E-state index >= 15 is 0 Å². The van der Waals surface area contributed by atoms with E-state index in [2.05, 4.69) is 17.4 Å². The van der Waals surface area contributed by atoms with E-state index in [0.29, 0.717) is 5.75 Å². The summed E-state index contributed by atoms with van der Waals surface area (Å²) in [5.41, 5.74) is 1.22. The molecule has 2 atom stereocenters. The molecule has 2 aromatic carbocycles. The van der Waals surface area contributed by atoms with E-state index in [0.717, 1.165) is 19.4 Å². The van der Waals surface area contributed by atoms with Crippen LogP contribution in [0, 0.1) is 5.82 Å². The van der Waals surface area contributed by atoms with Gasteiger partial charge in [0.1, 0.15) is 17.7 Å². The van der Waals surface area contributed by atoms with Crippen LogP contribution in [0.2, 0.25) is 0 Å². The average molecular weight is 271 g/mol. The van der Waals surface area contributed by atoms with Crippen molar-refractivity contribution in [2.45, 2.75) is 25.0 Å². The first-order chi connectivity index (χ1) is 9.83. The molecule has 1 fully saturated rings. The molecule has 1 saturated heterocycles. The van der Waals surface area contributed by atoms with Crippen LogP contribution < -0.4 is 10.1 Å². The van der Waals surface area contributed by atoms with Gasteiger partial charge in [0.15, 0.2) is 0 Å². The van der Waals surface area contributed by atoms with Gasteiger partial charge < -0.3 is 10.1 Å². The Morgan fingerprint density at radius 1 is 1.05 bits per heavy atom. The van der Waals surface area contributed by atoms with E-state index in [1.165, 1.54) is 17.7 Å². The Hall–Kier alpha value is -1.87. The van der Waals surface area contributed by atoms with E-state index in [1.54, 1.807) is 12.1 Å². The number of rotatable bonds is 3. The fourth-order valence-corrected chi connectivity index (χ4v) is 2.69. The molecule has 1 aliphatic heterocycles. The Morgan fingerprint density at radius 2 is 1.90 bits per heavy atom. The third-order valence-electron chi connectivity index (χ3n) is 3.64.